The van der Waals surface area contributed by atoms with Gasteiger partial charge in [-0.1, -0.05) is 48.0 Å². The highest BCUT2D eigenvalue weighted by Crippen LogP contribution is 2.19. The van der Waals surface area contributed by atoms with Crippen LogP contribution in [0, 0.1) is 6.92 Å². The predicted octanol–water partition coefficient (Wildman–Crippen LogP) is 2.60. The Morgan fingerprint density at radius 1 is 0.862 bits per heavy atom. The van der Waals surface area contributed by atoms with Gasteiger partial charge in [0.05, 0.1) is 0 Å². The van der Waals surface area contributed by atoms with Gasteiger partial charge in [0.25, 0.3) is 5.91 Å². The molecule has 0 aliphatic carbocycles. The average Bonchev–Trinajstić information content (AvgIpc) is 2.73. The first-order chi connectivity index (χ1) is 14.1. The largest absolute Gasteiger partial charge is 0.339 e. The first kappa shape index (κ1) is 19.6. The normalized spacial score (nSPS) is 17.8. The third-order valence-electron chi connectivity index (χ3n) is 6.10. The van der Waals surface area contributed by atoms with E-state index >= 15 is 0 Å². The van der Waals surface area contributed by atoms with Crippen LogP contribution >= 0.6 is 0 Å². The molecule has 2 aromatic carbocycles. The number of hydrogen-bond acceptors (Lipinski definition) is 3. The molecule has 2 saturated heterocycles. The van der Waals surface area contributed by atoms with Crippen LogP contribution in [0.15, 0.2) is 54.6 Å². The number of likely N-dealkylation sites (tertiary alicyclic amines) is 1. The van der Waals surface area contributed by atoms with Gasteiger partial charge in [0.2, 0.25) is 5.91 Å². The molecule has 2 amide bonds. The fraction of sp³-hybridized carbons (Fsp3) is 0.417. The number of amides is 2. The molecule has 0 spiro atoms. The lowest BCUT2D eigenvalue weighted by atomic mass is 10.0. The van der Waals surface area contributed by atoms with Crippen molar-refractivity contribution in [3.63, 3.8) is 0 Å². The third kappa shape index (κ3) is 4.67. The lowest BCUT2D eigenvalue weighted by Gasteiger charge is -2.48. The minimum Gasteiger partial charge on any atom is -0.339 e. The summed E-state index contributed by atoms with van der Waals surface area (Å²) in [7, 11) is 0. The fourth-order valence-electron chi connectivity index (χ4n) is 4.11. The second kappa shape index (κ2) is 8.78. The molecule has 0 unspecified atom stereocenters. The van der Waals surface area contributed by atoms with Crippen LogP contribution in [0.2, 0.25) is 0 Å². The Kier molecular flexibility index (Phi) is 5.95. The first-order valence-corrected chi connectivity index (χ1v) is 10.5. The Bertz CT molecular complexity index is 836. The van der Waals surface area contributed by atoms with E-state index in [0.29, 0.717) is 12.5 Å². The van der Waals surface area contributed by atoms with Crippen LogP contribution in [-0.4, -0.2) is 71.8 Å². The van der Waals surface area contributed by atoms with E-state index in [1.54, 1.807) is 0 Å². The van der Waals surface area contributed by atoms with Crippen LogP contribution in [0.1, 0.15) is 27.9 Å². The molecule has 4 rings (SSSR count). The molecule has 2 aliphatic rings. The van der Waals surface area contributed by atoms with E-state index in [4.69, 9.17) is 0 Å². The topological polar surface area (TPSA) is 43.9 Å². The van der Waals surface area contributed by atoms with E-state index in [1.165, 1.54) is 11.1 Å². The van der Waals surface area contributed by atoms with Crippen molar-refractivity contribution in [1.29, 1.82) is 0 Å². The number of piperazine rings is 1. The molecular weight excluding hydrogens is 362 g/mol. The van der Waals surface area contributed by atoms with E-state index in [-0.39, 0.29) is 11.8 Å². The molecule has 0 bridgehead atoms. The van der Waals surface area contributed by atoms with E-state index in [2.05, 4.69) is 36.1 Å². The van der Waals surface area contributed by atoms with Gasteiger partial charge in [-0.3, -0.25) is 14.5 Å². The van der Waals surface area contributed by atoms with Crippen LogP contribution in [0.5, 0.6) is 0 Å². The standard InChI is InChI=1S/C24H29N3O2/c1-19-7-9-20(10-8-19)11-12-23(28)27-17-22(18-27)25-13-15-26(16-14-25)24(29)21-5-3-2-4-6-21/h2-10,22H,11-18H2,1H3. The Morgan fingerprint density at radius 3 is 2.17 bits per heavy atom. The smallest absolute Gasteiger partial charge is 0.253 e. The van der Waals surface area contributed by atoms with Crippen molar-refractivity contribution < 1.29 is 9.59 Å². The van der Waals surface area contributed by atoms with Crippen molar-refractivity contribution in [2.24, 2.45) is 0 Å². The average molecular weight is 392 g/mol. The monoisotopic (exact) mass is 391 g/mol. The van der Waals surface area contributed by atoms with Crippen LogP contribution in [-0.2, 0) is 11.2 Å². The minimum atomic E-state index is 0.117. The SMILES string of the molecule is Cc1ccc(CCC(=O)N2CC(N3CCN(C(=O)c4ccccc4)CC3)C2)cc1. The van der Waals surface area contributed by atoms with Crippen LogP contribution in [0.3, 0.4) is 0 Å². The Balaban J connectivity index is 1.18. The number of rotatable bonds is 5. The number of carbonyl (C=O) groups is 2. The molecular formula is C24H29N3O2. The van der Waals surface area contributed by atoms with E-state index in [0.717, 1.165) is 51.3 Å². The van der Waals surface area contributed by atoms with Gasteiger partial charge in [-0.05, 0) is 31.0 Å². The Hall–Kier alpha value is -2.66. The zero-order valence-electron chi connectivity index (χ0n) is 17.1. The summed E-state index contributed by atoms with van der Waals surface area (Å²) in [4.78, 5) is 31.4. The summed E-state index contributed by atoms with van der Waals surface area (Å²) in [6.45, 7) is 6.99. The van der Waals surface area contributed by atoms with E-state index in [1.807, 2.05) is 40.1 Å². The van der Waals surface area contributed by atoms with Gasteiger partial charge in [-0.15, -0.1) is 0 Å². The minimum absolute atomic E-state index is 0.117. The van der Waals surface area contributed by atoms with Crippen molar-refractivity contribution in [3.8, 4) is 0 Å². The summed E-state index contributed by atoms with van der Waals surface area (Å²) >= 11 is 0. The second-order valence-corrected chi connectivity index (χ2v) is 8.13. The summed E-state index contributed by atoms with van der Waals surface area (Å²) in [5.41, 5.74) is 3.23. The fourth-order valence-corrected chi connectivity index (χ4v) is 4.11. The Morgan fingerprint density at radius 2 is 1.52 bits per heavy atom. The predicted molar refractivity (Wildman–Crippen MR) is 114 cm³/mol. The molecule has 0 radical (unpaired) electrons. The van der Waals surface area contributed by atoms with Crippen LogP contribution in [0.25, 0.3) is 0 Å². The van der Waals surface area contributed by atoms with Gasteiger partial charge in [0, 0.05) is 57.3 Å². The maximum Gasteiger partial charge on any atom is 0.253 e. The van der Waals surface area contributed by atoms with Gasteiger partial charge in [0.1, 0.15) is 0 Å². The zero-order valence-corrected chi connectivity index (χ0v) is 17.1. The van der Waals surface area contributed by atoms with Crippen LogP contribution < -0.4 is 0 Å². The number of hydrogen-bond donors (Lipinski definition) is 0. The third-order valence-corrected chi connectivity index (χ3v) is 6.10. The molecule has 0 N–H and O–H groups in total. The summed E-state index contributed by atoms with van der Waals surface area (Å²) < 4.78 is 0. The second-order valence-electron chi connectivity index (χ2n) is 8.13. The number of nitrogens with zero attached hydrogens (tertiary/aromatic N) is 3. The number of aryl methyl sites for hydroxylation is 2. The lowest BCUT2D eigenvalue weighted by molar-refractivity contribution is -0.139. The van der Waals surface area contributed by atoms with E-state index in [9.17, 15) is 9.59 Å². The first-order valence-electron chi connectivity index (χ1n) is 10.5. The van der Waals surface area contributed by atoms with Gasteiger partial charge in [0.15, 0.2) is 0 Å². The quantitative estimate of drug-likeness (QED) is 0.787. The molecule has 2 heterocycles. The summed E-state index contributed by atoms with van der Waals surface area (Å²) in [5.74, 6) is 0.367. The van der Waals surface area contributed by atoms with Gasteiger partial charge in [-0.2, -0.15) is 0 Å². The van der Waals surface area contributed by atoms with Gasteiger partial charge < -0.3 is 9.80 Å². The number of benzene rings is 2. The molecule has 2 aliphatic heterocycles. The van der Waals surface area contributed by atoms with Crippen LogP contribution in [0.4, 0.5) is 0 Å². The molecule has 0 saturated carbocycles. The van der Waals surface area contributed by atoms with Crippen molar-refractivity contribution in [2.75, 3.05) is 39.3 Å². The van der Waals surface area contributed by atoms with E-state index < -0.39 is 0 Å². The van der Waals surface area contributed by atoms with Crippen molar-refractivity contribution >= 4 is 11.8 Å². The summed E-state index contributed by atoms with van der Waals surface area (Å²) in [6, 6.07) is 18.3. The lowest BCUT2D eigenvalue weighted by Crippen LogP contribution is -2.64. The maximum absolute atomic E-state index is 12.6. The molecule has 0 aromatic heterocycles. The highest BCUT2D eigenvalue weighted by Gasteiger charge is 2.36. The molecule has 29 heavy (non-hydrogen) atoms. The molecule has 0 atom stereocenters. The highest BCUT2D eigenvalue weighted by molar-refractivity contribution is 5.94. The summed E-state index contributed by atoms with van der Waals surface area (Å²) in [6.07, 6.45) is 1.38. The maximum atomic E-state index is 12.6. The van der Waals surface area contributed by atoms with Crippen molar-refractivity contribution in [1.82, 2.24) is 14.7 Å². The zero-order chi connectivity index (χ0) is 20.2. The number of carbonyl (C=O) groups excluding carboxylic acids is 2. The van der Waals surface area contributed by atoms with Gasteiger partial charge in [-0.25, -0.2) is 0 Å². The molecule has 5 heteroatoms. The molecule has 5 nitrogen and oxygen atoms in total. The van der Waals surface area contributed by atoms with Crippen molar-refractivity contribution in [3.05, 3.63) is 71.3 Å². The highest BCUT2D eigenvalue weighted by atomic mass is 16.2. The molecule has 152 valence electrons. The summed E-state index contributed by atoms with van der Waals surface area (Å²) in [5, 5.41) is 0. The van der Waals surface area contributed by atoms with Gasteiger partial charge >= 0.3 is 0 Å². The van der Waals surface area contributed by atoms with Crippen molar-refractivity contribution in [2.45, 2.75) is 25.8 Å². The molecule has 2 fully saturated rings. The Labute approximate surface area is 172 Å². The molecule has 2 aromatic rings.